The third-order valence-electron chi connectivity index (χ3n) is 3.45. The molecule has 1 aromatic carbocycles. The predicted molar refractivity (Wildman–Crippen MR) is 70.2 cm³/mol. The summed E-state index contributed by atoms with van der Waals surface area (Å²) < 4.78 is 26.3. The SMILES string of the molecule is N#C[C@H](C(=O)c1cc(F)cc(F)c1)C(=O)N1CCCCC1. The van der Waals surface area contributed by atoms with Crippen molar-refractivity contribution in [3.05, 3.63) is 35.4 Å². The zero-order valence-corrected chi connectivity index (χ0v) is 11.3. The van der Waals surface area contributed by atoms with Crippen molar-refractivity contribution in [1.82, 2.24) is 4.90 Å². The summed E-state index contributed by atoms with van der Waals surface area (Å²) in [6, 6.07) is 3.95. The van der Waals surface area contributed by atoms with Gasteiger partial charge in [0.05, 0.1) is 6.07 Å². The second-order valence-corrected chi connectivity index (χ2v) is 4.97. The van der Waals surface area contributed by atoms with Crippen LogP contribution in [0.4, 0.5) is 8.78 Å². The third-order valence-corrected chi connectivity index (χ3v) is 3.45. The number of ketones is 1. The van der Waals surface area contributed by atoms with Crippen LogP contribution in [0.15, 0.2) is 18.2 Å². The quantitative estimate of drug-likeness (QED) is 0.634. The molecule has 1 aromatic rings. The fraction of sp³-hybridized carbons (Fsp3) is 0.400. The van der Waals surface area contributed by atoms with E-state index in [1.807, 2.05) is 0 Å². The van der Waals surface area contributed by atoms with Gasteiger partial charge in [-0.25, -0.2) is 8.78 Å². The highest BCUT2D eigenvalue weighted by molar-refractivity contribution is 6.12. The number of nitriles is 1. The molecule has 0 spiro atoms. The fourth-order valence-electron chi connectivity index (χ4n) is 2.39. The van der Waals surface area contributed by atoms with E-state index < -0.39 is 29.2 Å². The van der Waals surface area contributed by atoms with Crippen molar-refractivity contribution in [2.24, 2.45) is 5.92 Å². The number of likely N-dealkylation sites (tertiary alicyclic amines) is 1. The summed E-state index contributed by atoms with van der Waals surface area (Å²) in [6.07, 6.45) is 2.66. The number of carbonyl (C=O) groups excluding carboxylic acids is 2. The summed E-state index contributed by atoms with van der Waals surface area (Å²) in [6.45, 7) is 1.00. The van der Waals surface area contributed by atoms with Gasteiger partial charge in [-0.15, -0.1) is 0 Å². The minimum absolute atomic E-state index is 0.301. The summed E-state index contributed by atoms with van der Waals surface area (Å²) in [5.74, 6) is -4.84. The second kappa shape index (κ2) is 6.44. The summed E-state index contributed by atoms with van der Waals surface area (Å²) >= 11 is 0. The molecule has 0 saturated carbocycles. The highest BCUT2D eigenvalue weighted by Gasteiger charge is 2.32. The monoisotopic (exact) mass is 292 g/mol. The van der Waals surface area contributed by atoms with Crippen molar-refractivity contribution < 1.29 is 18.4 Å². The molecule has 6 heteroatoms. The van der Waals surface area contributed by atoms with Crippen LogP contribution in [0.5, 0.6) is 0 Å². The number of benzene rings is 1. The van der Waals surface area contributed by atoms with Crippen LogP contribution >= 0.6 is 0 Å². The molecule has 110 valence electrons. The van der Waals surface area contributed by atoms with E-state index in [1.54, 1.807) is 6.07 Å². The van der Waals surface area contributed by atoms with Crippen LogP contribution in [-0.2, 0) is 4.79 Å². The molecule has 0 unspecified atom stereocenters. The topological polar surface area (TPSA) is 61.2 Å². The van der Waals surface area contributed by atoms with Gasteiger partial charge in [0.2, 0.25) is 5.91 Å². The van der Waals surface area contributed by atoms with E-state index in [0.29, 0.717) is 19.2 Å². The summed E-state index contributed by atoms with van der Waals surface area (Å²) in [5, 5.41) is 9.09. The first-order valence-corrected chi connectivity index (χ1v) is 6.71. The number of carbonyl (C=O) groups is 2. The van der Waals surface area contributed by atoms with Gasteiger partial charge in [0.15, 0.2) is 11.7 Å². The van der Waals surface area contributed by atoms with E-state index in [1.165, 1.54) is 4.90 Å². The molecule has 1 aliphatic rings. The Labute approximate surface area is 121 Å². The molecule has 1 amide bonds. The lowest BCUT2D eigenvalue weighted by Crippen LogP contribution is -2.41. The maximum atomic E-state index is 13.1. The highest BCUT2D eigenvalue weighted by atomic mass is 19.1. The Morgan fingerprint density at radius 2 is 1.67 bits per heavy atom. The average molecular weight is 292 g/mol. The first kappa shape index (κ1) is 15.1. The second-order valence-electron chi connectivity index (χ2n) is 4.97. The predicted octanol–water partition coefficient (Wildman–Crippen LogP) is 2.30. The van der Waals surface area contributed by atoms with Crippen LogP contribution in [0.3, 0.4) is 0 Å². The highest BCUT2D eigenvalue weighted by Crippen LogP contribution is 2.17. The first-order chi connectivity index (χ1) is 10.0. The largest absolute Gasteiger partial charge is 0.341 e. The van der Waals surface area contributed by atoms with E-state index in [0.717, 1.165) is 31.4 Å². The number of Topliss-reactive ketones (excluding diaryl/α,β-unsaturated/α-hetero) is 1. The van der Waals surface area contributed by atoms with Gasteiger partial charge in [-0.05, 0) is 31.4 Å². The minimum atomic E-state index is -1.55. The van der Waals surface area contributed by atoms with Crippen molar-refractivity contribution >= 4 is 11.7 Å². The molecule has 0 N–H and O–H groups in total. The Balaban J connectivity index is 2.22. The van der Waals surface area contributed by atoms with Crippen LogP contribution in [0.1, 0.15) is 29.6 Å². The Morgan fingerprint density at radius 1 is 1.10 bits per heavy atom. The summed E-state index contributed by atoms with van der Waals surface area (Å²) in [4.78, 5) is 25.8. The zero-order chi connectivity index (χ0) is 15.4. The van der Waals surface area contributed by atoms with E-state index in [2.05, 4.69) is 0 Å². The van der Waals surface area contributed by atoms with Gasteiger partial charge < -0.3 is 4.90 Å². The molecular formula is C15H14F2N2O2. The van der Waals surface area contributed by atoms with Gasteiger partial charge in [0.1, 0.15) is 11.6 Å². The number of hydrogen-bond acceptors (Lipinski definition) is 3. The van der Waals surface area contributed by atoms with E-state index in [9.17, 15) is 18.4 Å². The molecule has 1 saturated heterocycles. The van der Waals surface area contributed by atoms with Crippen molar-refractivity contribution in [3.63, 3.8) is 0 Å². The van der Waals surface area contributed by atoms with E-state index >= 15 is 0 Å². The van der Waals surface area contributed by atoms with Gasteiger partial charge in [-0.3, -0.25) is 9.59 Å². The average Bonchev–Trinajstić information content (AvgIpc) is 2.47. The number of rotatable bonds is 3. The molecule has 0 aliphatic carbocycles. The Morgan fingerprint density at radius 3 is 2.19 bits per heavy atom. The molecule has 21 heavy (non-hydrogen) atoms. The maximum absolute atomic E-state index is 13.1. The van der Waals surface area contributed by atoms with Crippen molar-refractivity contribution in [2.45, 2.75) is 19.3 Å². The lowest BCUT2D eigenvalue weighted by atomic mass is 9.96. The van der Waals surface area contributed by atoms with Crippen LogP contribution in [0, 0.1) is 28.9 Å². The Bertz CT molecular complexity index is 584. The van der Waals surface area contributed by atoms with Gasteiger partial charge in [0.25, 0.3) is 0 Å². The molecule has 0 aromatic heterocycles. The standard InChI is InChI=1S/C15H14F2N2O2/c16-11-6-10(7-12(17)8-11)14(20)13(9-18)15(21)19-4-2-1-3-5-19/h6-8,13H,1-5H2/t13-/m1/s1. The lowest BCUT2D eigenvalue weighted by Gasteiger charge is -2.28. The molecule has 1 fully saturated rings. The number of nitrogens with zero attached hydrogens (tertiary/aromatic N) is 2. The van der Waals surface area contributed by atoms with Crippen molar-refractivity contribution in [2.75, 3.05) is 13.1 Å². The Kier molecular flexibility index (Phi) is 4.63. The number of amides is 1. The first-order valence-electron chi connectivity index (χ1n) is 6.71. The van der Waals surface area contributed by atoms with Crippen LogP contribution in [-0.4, -0.2) is 29.7 Å². The van der Waals surface area contributed by atoms with E-state index in [-0.39, 0.29) is 5.56 Å². The molecule has 4 nitrogen and oxygen atoms in total. The molecule has 1 atom stereocenters. The van der Waals surface area contributed by atoms with E-state index in [4.69, 9.17) is 5.26 Å². The third kappa shape index (κ3) is 3.43. The number of hydrogen-bond donors (Lipinski definition) is 0. The maximum Gasteiger partial charge on any atom is 0.247 e. The number of piperidine rings is 1. The Hall–Kier alpha value is -2.29. The lowest BCUT2D eigenvalue weighted by molar-refractivity contribution is -0.133. The van der Waals surface area contributed by atoms with Crippen LogP contribution in [0.2, 0.25) is 0 Å². The number of halogens is 2. The zero-order valence-electron chi connectivity index (χ0n) is 11.3. The molecule has 1 heterocycles. The van der Waals surface area contributed by atoms with Crippen LogP contribution in [0.25, 0.3) is 0 Å². The van der Waals surface area contributed by atoms with Crippen molar-refractivity contribution in [3.8, 4) is 6.07 Å². The van der Waals surface area contributed by atoms with Gasteiger partial charge in [-0.1, -0.05) is 0 Å². The van der Waals surface area contributed by atoms with Gasteiger partial charge in [0, 0.05) is 24.7 Å². The van der Waals surface area contributed by atoms with Gasteiger partial charge >= 0.3 is 0 Å². The smallest absolute Gasteiger partial charge is 0.247 e. The molecular weight excluding hydrogens is 278 g/mol. The molecule has 1 aliphatic heterocycles. The fourth-order valence-corrected chi connectivity index (χ4v) is 2.39. The normalized spacial score (nSPS) is 16.1. The summed E-state index contributed by atoms with van der Waals surface area (Å²) in [7, 11) is 0. The molecule has 0 bridgehead atoms. The van der Waals surface area contributed by atoms with Crippen LogP contribution < -0.4 is 0 Å². The minimum Gasteiger partial charge on any atom is -0.341 e. The summed E-state index contributed by atoms with van der Waals surface area (Å²) in [5.41, 5.74) is -0.301. The molecule has 2 rings (SSSR count). The van der Waals surface area contributed by atoms with Crippen molar-refractivity contribution in [1.29, 1.82) is 5.26 Å². The molecule has 0 radical (unpaired) electrons. The van der Waals surface area contributed by atoms with Gasteiger partial charge in [-0.2, -0.15) is 5.26 Å².